The Morgan fingerprint density at radius 3 is 2.22 bits per heavy atom. The number of fused-ring (bicyclic) bond motifs is 2. The van der Waals surface area contributed by atoms with Crippen LogP contribution in [-0.2, 0) is 49.5 Å². The number of carbonyl (C=O) groups excluding carboxylic acids is 2. The van der Waals surface area contributed by atoms with Crippen molar-refractivity contribution >= 4 is 28.4 Å². The number of hydroxylamine groups is 3. The molecule has 2 amide bonds. The predicted octanol–water partition coefficient (Wildman–Crippen LogP) is 2.57. The van der Waals surface area contributed by atoms with Gasteiger partial charge in [0.1, 0.15) is 23.9 Å². The number of rotatable bonds is 25. The lowest BCUT2D eigenvalue weighted by Gasteiger charge is -2.26. The summed E-state index contributed by atoms with van der Waals surface area (Å²) >= 11 is 0. The standard InChI is InChI=1S/C41H50F2N6O14/c42-30-22-28(23-31(43)26-30)27-45-40(51)41(52)7-9-48(63-41)32-4-5-33-29(24-32)25-34(46-33)39(50)44-8-11-53-12-13-54-14-15-55-16-17-56-18-19-57-20-21-58-35-2-1-3-36-38(35)62-49(61-36)37-6-10-59-47-60-37/h1-5,22-26,37,46-47,52H,6-21,27H2,(H,44,50)(H,45,51). The van der Waals surface area contributed by atoms with Crippen molar-refractivity contribution in [2.24, 2.45) is 0 Å². The van der Waals surface area contributed by atoms with Gasteiger partial charge in [0.15, 0.2) is 11.5 Å². The third-order valence-corrected chi connectivity index (χ3v) is 9.54. The molecule has 0 aliphatic carbocycles. The molecule has 3 aliphatic rings. The molecule has 4 aromatic rings. The van der Waals surface area contributed by atoms with Crippen molar-refractivity contribution < 1.29 is 76.1 Å². The SMILES string of the molecule is O=C(NCCOCCOCCOCCOCCOCCOc1cccc2c1ON(C1CCONO1)O2)c1cc2cc(N3CCC(O)(C(=O)NCc4cc(F)cc(F)c4)O3)ccc2[nH]1. The molecule has 2 atom stereocenters. The Balaban J connectivity index is 0.664. The topological polar surface area (TPSA) is 214 Å². The van der Waals surface area contributed by atoms with Gasteiger partial charge in [-0.2, -0.15) is 0 Å². The molecule has 5 N–H and O–H groups in total. The van der Waals surface area contributed by atoms with Crippen LogP contribution in [0.25, 0.3) is 10.9 Å². The van der Waals surface area contributed by atoms with Gasteiger partial charge in [0.25, 0.3) is 17.6 Å². The van der Waals surface area contributed by atoms with E-state index in [1.54, 1.807) is 42.5 Å². The predicted molar refractivity (Wildman–Crippen MR) is 215 cm³/mol. The number of amides is 2. The van der Waals surface area contributed by atoms with Crippen LogP contribution in [0.15, 0.2) is 60.7 Å². The fourth-order valence-corrected chi connectivity index (χ4v) is 6.41. The van der Waals surface area contributed by atoms with Crippen LogP contribution in [0.2, 0.25) is 0 Å². The van der Waals surface area contributed by atoms with E-state index in [-0.39, 0.29) is 44.1 Å². The lowest BCUT2D eigenvalue weighted by molar-refractivity contribution is -0.376. The molecule has 7 rings (SSSR count). The molecule has 3 aromatic carbocycles. The van der Waals surface area contributed by atoms with Gasteiger partial charge in [0, 0.05) is 42.9 Å². The second-order valence-corrected chi connectivity index (χ2v) is 14.2. The van der Waals surface area contributed by atoms with Crippen molar-refractivity contribution in [1.29, 1.82) is 0 Å². The first-order chi connectivity index (χ1) is 30.7. The van der Waals surface area contributed by atoms with Crippen molar-refractivity contribution in [3.05, 3.63) is 83.6 Å². The van der Waals surface area contributed by atoms with E-state index < -0.39 is 29.6 Å². The third kappa shape index (κ3) is 13.2. The number of para-hydroxylation sites is 1. The van der Waals surface area contributed by atoms with Crippen molar-refractivity contribution in [2.75, 3.05) is 97.4 Å². The van der Waals surface area contributed by atoms with Gasteiger partial charge in [0.05, 0.1) is 90.1 Å². The molecule has 0 saturated carbocycles. The Kier molecular flexibility index (Phi) is 16.6. The largest absolute Gasteiger partial charge is 0.487 e. The number of anilines is 1. The lowest BCUT2D eigenvalue weighted by Crippen LogP contribution is -2.47. The fourth-order valence-electron chi connectivity index (χ4n) is 6.41. The lowest BCUT2D eigenvalue weighted by atomic mass is 10.1. The van der Waals surface area contributed by atoms with Gasteiger partial charge in [0.2, 0.25) is 12.0 Å². The zero-order chi connectivity index (χ0) is 43.9. The summed E-state index contributed by atoms with van der Waals surface area (Å²) in [5.74, 6) is -3.39. The number of benzene rings is 3. The Morgan fingerprint density at radius 2 is 1.52 bits per heavy atom. The molecular formula is C41H50F2N6O14. The number of aliphatic hydroxyl groups is 1. The van der Waals surface area contributed by atoms with Crippen LogP contribution >= 0.6 is 0 Å². The Hall–Kier alpha value is -5.24. The Morgan fingerprint density at radius 1 is 0.825 bits per heavy atom. The molecule has 1 aromatic heterocycles. The fraction of sp³-hybridized carbons (Fsp3) is 0.463. The number of H-pyrrole nitrogens is 1. The van der Waals surface area contributed by atoms with Gasteiger partial charge in [-0.25, -0.2) is 13.6 Å². The first-order valence-electron chi connectivity index (χ1n) is 20.4. The summed E-state index contributed by atoms with van der Waals surface area (Å²) in [7, 11) is 0. The number of ether oxygens (including phenoxy) is 6. The van der Waals surface area contributed by atoms with Crippen molar-refractivity contribution in [1.82, 2.24) is 26.5 Å². The molecule has 342 valence electrons. The van der Waals surface area contributed by atoms with E-state index in [4.69, 9.17) is 52.6 Å². The molecule has 3 aliphatic heterocycles. The summed E-state index contributed by atoms with van der Waals surface area (Å²) < 4.78 is 60.5. The normalized spacial score (nSPS) is 18.6. The van der Waals surface area contributed by atoms with Crippen LogP contribution in [0.3, 0.4) is 0 Å². The maximum atomic E-state index is 13.5. The Bertz CT molecular complexity index is 2090. The minimum absolute atomic E-state index is 0.0504. The summed E-state index contributed by atoms with van der Waals surface area (Å²) in [4.78, 5) is 55.8. The molecule has 0 radical (unpaired) electrons. The van der Waals surface area contributed by atoms with Gasteiger partial charge in [-0.1, -0.05) is 11.7 Å². The average Bonchev–Trinajstić information content (AvgIpc) is 4.04. The molecule has 2 unspecified atom stereocenters. The quantitative estimate of drug-likeness (QED) is 0.0605. The number of nitrogens with one attached hydrogen (secondary N) is 4. The van der Waals surface area contributed by atoms with Gasteiger partial charge in [-0.15, -0.1) is 0 Å². The number of hydrogen-bond acceptors (Lipinski definition) is 17. The number of aromatic nitrogens is 1. The van der Waals surface area contributed by atoms with Crippen LogP contribution in [0.4, 0.5) is 14.5 Å². The summed E-state index contributed by atoms with van der Waals surface area (Å²) in [6.45, 7) is 4.83. The molecule has 0 bridgehead atoms. The van der Waals surface area contributed by atoms with Gasteiger partial charge in [-0.05, 0) is 54.1 Å². The smallest absolute Gasteiger partial charge is 0.282 e. The zero-order valence-corrected chi connectivity index (χ0v) is 34.3. The first-order valence-corrected chi connectivity index (χ1v) is 20.4. The monoisotopic (exact) mass is 888 g/mol. The number of hydrogen-bond donors (Lipinski definition) is 5. The molecule has 20 nitrogen and oxygen atoms in total. The van der Waals surface area contributed by atoms with Crippen molar-refractivity contribution in [3.63, 3.8) is 0 Å². The number of carbonyl (C=O) groups is 2. The van der Waals surface area contributed by atoms with E-state index >= 15 is 0 Å². The second-order valence-electron chi connectivity index (χ2n) is 14.2. The minimum Gasteiger partial charge on any atom is -0.487 e. The molecule has 0 spiro atoms. The number of aromatic amines is 1. The maximum Gasteiger partial charge on any atom is 0.282 e. The van der Waals surface area contributed by atoms with E-state index in [0.717, 1.165) is 18.2 Å². The first kappa shape index (κ1) is 45.8. The van der Waals surface area contributed by atoms with E-state index in [1.807, 2.05) is 0 Å². The zero-order valence-electron chi connectivity index (χ0n) is 34.3. The highest BCUT2D eigenvalue weighted by Gasteiger charge is 2.45. The average molecular weight is 889 g/mol. The van der Waals surface area contributed by atoms with E-state index in [0.29, 0.717) is 119 Å². The summed E-state index contributed by atoms with van der Waals surface area (Å²) in [5, 5.41) is 19.4. The summed E-state index contributed by atoms with van der Waals surface area (Å²) in [6, 6.07) is 15.2. The van der Waals surface area contributed by atoms with Crippen molar-refractivity contribution in [3.8, 4) is 17.2 Å². The van der Waals surface area contributed by atoms with E-state index in [2.05, 4.69) is 21.3 Å². The number of nitrogens with zero attached hydrogens (tertiary/aromatic N) is 2. The van der Waals surface area contributed by atoms with Crippen LogP contribution in [0.5, 0.6) is 17.2 Å². The molecule has 2 fully saturated rings. The molecule has 22 heteroatoms. The van der Waals surface area contributed by atoms with Crippen LogP contribution in [0, 0.1) is 11.6 Å². The van der Waals surface area contributed by atoms with Crippen LogP contribution in [-0.4, -0.2) is 132 Å². The summed E-state index contributed by atoms with van der Waals surface area (Å²) in [5.41, 5.74) is 4.13. The molecule has 63 heavy (non-hydrogen) atoms. The molecule has 4 heterocycles. The van der Waals surface area contributed by atoms with E-state index in [9.17, 15) is 23.5 Å². The van der Waals surface area contributed by atoms with Gasteiger partial charge in [-0.3, -0.25) is 24.3 Å². The van der Waals surface area contributed by atoms with Crippen LogP contribution in [0.1, 0.15) is 28.9 Å². The molecular weight excluding hydrogens is 838 g/mol. The number of halogens is 2. The third-order valence-electron chi connectivity index (χ3n) is 9.54. The maximum absolute atomic E-state index is 13.5. The molecule has 2 saturated heterocycles. The highest BCUT2D eigenvalue weighted by Crippen LogP contribution is 2.43. The Labute approximate surface area is 360 Å². The highest BCUT2D eigenvalue weighted by atomic mass is 19.1. The highest BCUT2D eigenvalue weighted by molar-refractivity contribution is 5.98. The second kappa shape index (κ2) is 22.9. The minimum atomic E-state index is -2.18. The summed E-state index contributed by atoms with van der Waals surface area (Å²) in [6.07, 6.45) is 0.0244. The van der Waals surface area contributed by atoms with Gasteiger partial charge < -0.3 is 58.8 Å². The van der Waals surface area contributed by atoms with Gasteiger partial charge >= 0.3 is 0 Å². The van der Waals surface area contributed by atoms with Crippen molar-refractivity contribution in [2.45, 2.75) is 31.4 Å². The van der Waals surface area contributed by atoms with E-state index in [1.165, 1.54) is 10.3 Å². The van der Waals surface area contributed by atoms with Crippen LogP contribution < -0.4 is 35.8 Å².